The summed E-state index contributed by atoms with van der Waals surface area (Å²) >= 11 is 0. The first-order chi connectivity index (χ1) is 11.3. The van der Waals surface area contributed by atoms with Gasteiger partial charge in [0.15, 0.2) is 17.0 Å². The first-order valence-corrected chi connectivity index (χ1v) is 8.94. The maximum absolute atomic E-state index is 13.2. The summed E-state index contributed by atoms with van der Waals surface area (Å²) in [6.45, 7) is 8.57. The summed E-state index contributed by atoms with van der Waals surface area (Å²) in [6.07, 6.45) is 0.732. The highest BCUT2D eigenvalue weighted by Crippen LogP contribution is 2.65. The number of rotatable bonds is 4. The molecule has 2 heterocycles. The van der Waals surface area contributed by atoms with Gasteiger partial charge in [0.05, 0.1) is 12.2 Å². The summed E-state index contributed by atoms with van der Waals surface area (Å²) in [6, 6.07) is 0. The minimum Gasteiger partial charge on any atom is -0.488 e. The molecule has 1 spiro atoms. The van der Waals surface area contributed by atoms with Gasteiger partial charge in [-0.25, -0.2) is 0 Å². The molecule has 6 heteroatoms. The van der Waals surface area contributed by atoms with E-state index in [1.165, 1.54) is 0 Å². The molecule has 1 saturated carbocycles. The lowest BCUT2D eigenvalue weighted by atomic mass is 9.80. The third kappa shape index (κ3) is 1.74. The fourth-order valence-electron chi connectivity index (χ4n) is 5.09. The smallest absolute Gasteiger partial charge is 0.238 e. The van der Waals surface area contributed by atoms with Crippen LogP contribution in [0, 0.1) is 11.8 Å². The molecule has 6 nitrogen and oxygen atoms in total. The van der Waals surface area contributed by atoms with Crippen LogP contribution >= 0.6 is 0 Å². The Hall–Kier alpha value is -1.11. The Balaban J connectivity index is 1.89. The van der Waals surface area contributed by atoms with Gasteiger partial charge in [-0.3, -0.25) is 4.79 Å². The Bertz CT molecular complexity index is 596. The minimum absolute atomic E-state index is 0.0148. The van der Waals surface area contributed by atoms with E-state index in [1.807, 2.05) is 27.7 Å². The van der Waals surface area contributed by atoms with E-state index in [-0.39, 0.29) is 29.8 Å². The molecule has 5 atom stereocenters. The van der Waals surface area contributed by atoms with Gasteiger partial charge in [-0.15, -0.1) is 0 Å². The number of aliphatic hydroxyl groups is 1. The number of hydrogen-bond donors (Lipinski definition) is 1. The molecule has 0 unspecified atom stereocenters. The van der Waals surface area contributed by atoms with Crippen LogP contribution in [0.2, 0.25) is 0 Å². The van der Waals surface area contributed by atoms with Gasteiger partial charge in [-0.05, 0) is 46.5 Å². The molecule has 4 aliphatic rings. The largest absolute Gasteiger partial charge is 0.488 e. The van der Waals surface area contributed by atoms with E-state index in [1.54, 1.807) is 0 Å². The van der Waals surface area contributed by atoms with Crippen LogP contribution in [-0.4, -0.2) is 53.6 Å². The minimum atomic E-state index is -1.75. The maximum Gasteiger partial charge on any atom is 0.238 e. The van der Waals surface area contributed by atoms with E-state index in [0.29, 0.717) is 19.0 Å². The molecule has 0 bridgehead atoms. The molecule has 0 aromatic carbocycles. The van der Waals surface area contributed by atoms with Crippen molar-refractivity contribution in [3.63, 3.8) is 0 Å². The first-order valence-electron chi connectivity index (χ1n) is 8.94. The van der Waals surface area contributed by atoms with Gasteiger partial charge in [-0.1, -0.05) is 0 Å². The standard InChI is InChI=1S/C18H26O6/c1-9(2)23-13-14(19)17(20)15-11(5-7-21-15)12-6-8-22-18(12,17)16(13)24-10(3)4/h9-12,15,20H,5-8H2,1-4H3/t11-,12+,15-,17-,18-/m0/s1. The molecule has 4 rings (SSSR count). The molecule has 2 aliphatic heterocycles. The van der Waals surface area contributed by atoms with Crippen LogP contribution in [-0.2, 0) is 23.7 Å². The predicted octanol–water partition coefficient (Wildman–Crippen LogP) is 1.56. The predicted molar refractivity (Wildman–Crippen MR) is 84.1 cm³/mol. The molecule has 0 aromatic heterocycles. The van der Waals surface area contributed by atoms with Gasteiger partial charge in [0, 0.05) is 19.1 Å². The first kappa shape index (κ1) is 16.4. The number of ketones is 1. The molecule has 134 valence electrons. The summed E-state index contributed by atoms with van der Waals surface area (Å²) in [5, 5.41) is 11.6. The highest BCUT2D eigenvalue weighted by Gasteiger charge is 2.82. The SMILES string of the molecule is CC(C)OC1=C(OC(C)C)[C@@]23OCC[C@@H]2[C@@H]2CCO[C@@H]2[C@@]3(O)C1=O. The second-order valence-corrected chi connectivity index (χ2v) is 7.81. The van der Waals surface area contributed by atoms with Crippen LogP contribution in [0.25, 0.3) is 0 Å². The number of carbonyl (C=O) groups is 1. The zero-order chi connectivity index (χ0) is 17.3. The van der Waals surface area contributed by atoms with Crippen molar-refractivity contribution < 1.29 is 28.8 Å². The fraction of sp³-hybridized carbons (Fsp3) is 0.833. The van der Waals surface area contributed by atoms with E-state index in [0.717, 1.165) is 12.8 Å². The van der Waals surface area contributed by atoms with E-state index < -0.39 is 23.1 Å². The molecular formula is C18H26O6. The van der Waals surface area contributed by atoms with E-state index in [9.17, 15) is 9.90 Å². The van der Waals surface area contributed by atoms with Crippen molar-refractivity contribution in [2.45, 2.75) is 70.1 Å². The van der Waals surface area contributed by atoms with Gasteiger partial charge in [0.25, 0.3) is 0 Å². The topological polar surface area (TPSA) is 74.2 Å². The summed E-state index contributed by atoms with van der Waals surface area (Å²) in [4.78, 5) is 13.2. The third-order valence-corrected chi connectivity index (χ3v) is 5.72. The lowest BCUT2D eigenvalue weighted by Crippen LogP contribution is -2.60. The maximum atomic E-state index is 13.2. The Morgan fingerprint density at radius 3 is 2.50 bits per heavy atom. The summed E-state index contributed by atoms with van der Waals surface area (Å²) in [7, 11) is 0. The molecule has 1 N–H and O–H groups in total. The Kier molecular flexibility index (Phi) is 3.54. The zero-order valence-corrected chi connectivity index (χ0v) is 14.7. The van der Waals surface area contributed by atoms with E-state index in [2.05, 4.69) is 0 Å². The summed E-state index contributed by atoms with van der Waals surface area (Å²) < 4.78 is 23.8. The quantitative estimate of drug-likeness (QED) is 0.838. The van der Waals surface area contributed by atoms with Crippen molar-refractivity contribution >= 4 is 5.78 Å². The number of fused-ring (bicyclic) bond motifs is 3. The van der Waals surface area contributed by atoms with Crippen molar-refractivity contribution in [1.82, 2.24) is 0 Å². The molecule has 2 aliphatic carbocycles. The highest BCUT2D eigenvalue weighted by molar-refractivity contribution is 6.07. The van der Waals surface area contributed by atoms with Crippen molar-refractivity contribution in [3.05, 3.63) is 11.5 Å². The Morgan fingerprint density at radius 2 is 1.83 bits per heavy atom. The fourth-order valence-corrected chi connectivity index (χ4v) is 5.09. The van der Waals surface area contributed by atoms with Crippen LogP contribution in [0.5, 0.6) is 0 Å². The van der Waals surface area contributed by atoms with Crippen molar-refractivity contribution in [2.75, 3.05) is 13.2 Å². The van der Waals surface area contributed by atoms with Crippen molar-refractivity contribution in [2.24, 2.45) is 11.8 Å². The van der Waals surface area contributed by atoms with Gasteiger partial charge in [0.1, 0.15) is 6.10 Å². The van der Waals surface area contributed by atoms with E-state index >= 15 is 0 Å². The lowest BCUT2D eigenvalue weighted by Gasteiger charge is -2.37. The molecule has 3 fully saturated rings. The summed E-state index contributed by atoms with van der Waals surface area (Å²) in [5.74, 6) is 0.170. The van der Waals surface area contributed by atoms with Gasteiger partial charge in [-0.2, -0.15) is 0 Å². The molecule has 0 amide bonds. The van der Waals surface area contributed by atoms with Gasteiger partial charge < -0.3 is 24.1 Å². The average molecular weight is 338 g/mol. The Labute approximate surface area is 142 Å². The third-order valence-electron chi connectivity index (χ3n) is 5.72. The monoisotopic (exact) mass is 338 g/mol. The van der Waals surface area contributed by atoms with Gasteiger partial charge >= 0.3 is 0 Å². The molecule has 0 radical (unpaired) electrons. The number of carbonyl (C=O) groups excluding carboxylic acids is 1. The van der Waals surface area contributed by atoms with Crippen molar-refractivity contribution in [3.8, 4) is 0 Å². The highest BCUT2D eigenvalue weighted by atomic mass is 16.6. The number of ether oxygens (including phenoxy) is 4. The average Bonchev–Trinajstić information content (AvgIpc) is 3.19. The van der Waals surface area contributed by atoms with Crippen LogP contribution in [0.1, 0.15) is 40.5 Å². The normalized spacial score (nSPS) is 43.6. The number of Topliss-reactive ketones (excluding diaryl/α,β-unsaturated/α-hetero) is 1. The van der Waals surface area contributed by atoms with Crippen LogP contribution in [0.4, 0.5) is 0 Å². The van der Waals surface area contributed by atoms with Crippen LogP contribution in [0.15, 0.2) is 11.5 Å². The number of hydrogen-bond acceptors (Lipinski definition) is 6. The molecule has 0 aromatic rings. The molecule has 24 heavy (non-hydrogen) atoms. The summed E-state index contributed by atoms with van der Waals surface area (Å²) in [5.41, 5.74) is -2.90. The molecule has 2 saturated heterocycles. The Morgan fingerprint density at radius 1 is 1.12 bits per heavy atom. The zero-order valence-electron chi connectivity index (χ0n) is 14.7. The van der Waals surface area contributed by atoms with Crippen molar-refractivity contribution in [1.29, 1.82) is 0 Å². The van der Waals surface area contributed by atoms with Crippen LogP contribution in [0.3, 0.4) is 0 Å². The molecular weight excluding hydrogens is 312 g/mol. The second-order valence-electron chi connectivity index (χ2n) is 7.81. The lowest BCUT2D eigenvalue weighted by molar-refractivity contribution is -0.185. The van der Waals surface area contributed by atoms with Gasteiger partial charge in [0.2, 0.25) is 11.5 Å². The van der Waals surface area contributed by atoms with Crippen LogP contribution < -0.4 is 0 Å². The second kappa shape index (κ2) is 5.19. The van der Waals surface area contributed by atoms with E-state index in [4.69, 9.17) is 18.9 Å².